The maximum absolute atomic E-state index is 11.6. The molecule has 1 heterocycles. The van der Waals surface area contributed by atoms with Gasteiger partial charge in [0, 0.05) is 12.6 Å². The lowest BCUT2D eigenvalue weighted by molar-refractivity contribution is -0.139. The van der Waals surface area contributed by atoms with Gasteiger partial charge >= 0.3 is 0 Å². The van der Waals surface area contributed by atoms with E-state index in [1.807, 2.05) is 19.9 Å². The van der Waals surface area contributed by atoms with Crippen LogP contribution in [0.5, 0.6) is 0 Å². The van der Waals surface area contributed by atoms with E-state index < -0.39 is 5.79 Å². The summed E-state index contributed by atoms with van der Waals surface area (Å²) in [6.07, 6.45) is 12.0. The molecule has 0 aromatic carbocycles. The van der Waals surface area contributed by atoms with Crippen LogP contribution in [0.1, 0.15) is 46.5 Å². The number of nitrogens with one attached hydrogen (secondary N) is 1. The van der Waals surface area contributed by atoms with Crippen LogP contribution in [0.3, 0.4) is 0 Å². The van der Waals surface area contributed by atoms with Crippen LogP contribution >= 0.6 is 0 Å². The molecule has 0 aliphatic carbocycles. The molecule has 0 aromatic rings. The third-order valence-electron chi connectivity index (χ3n) is 3.04. The van der Waals surface area contributed by atoms with Gasteiger partial charge < -0.3 is 14.8 Å². The van der Waals surface area contributed by atoms with E-state index >= 15 is 0 Å². The van der Waals surface area contributed by atoms with Crippen molar-refractivity contribution in [3.63, 3.8) is 0 Å². The van der Waals surface area contributed by atoms with Crippen molar-refractivity contribution in [2.45, 2.75) is 58.3 Å². The Morgan fingerprint density at radius 1 is 1.35 bits per heavy atom. The van der Waals surface area contributed by atoms with Crippen molar-refractivity contribution in [3.05, 3.63) is 24.3 Å². The van der Waals surface area contributed by atoms with Crippen LogP contribution in [-0.4, -0.2) is 30.9 Å². The molecule has 1 N–H and O–H groups in total. The van der Waals surface area contributed by atoms with Crippen molar-refractivity contribution in [2.75, 3.05) is 13.2 Å². The summed E-state index contributed by atoms with van der Waals surface area (Å²) in [7, 11) is 0. The fourth-order valence-corrected chi connectivity index (χ4v) is 1.97. The van der Waals surface area contributed by atoms with Crippen LogP contribution in [-0.2, 0) is 14.3 Å². The van der Waals surface area contributed by atoms with Gasteiger partial charge in [0.2, 0.25) is 5.91 Å². The van der Waals surface area contributed by atoms with E-state index in [1.54, 1.807) is 6.08 Å². The molecule has 1 atom stereocenters. The highest BCUT2D eigenvalue weighted by molar-refractivity contribution is 5.87. The average molecular weight is 281 g/mol. The molecule has 0 aromatic heterocycles. The van der Waals surface area contributed by atoms with Gasteiger partial charge in [0.15, 0.2) is 5.79 Å². The molecule has 1 aliphatic rings. The normalized spacial score (nSPS) is 21.9. The molecule has 1 fully saturated rings. The summed E-state index contributed by atoms with van der Waals surface area (Å²) in [5.41, 5.74) is 0. The van der Waals surface area contributed by atoms with Crippen molar-refractivity contribution in [3.8, 4) is 0 Å². The Balaban J connectivity index is 2.11. The summed E-state index contributed by atoms with van der Waals surface area (Å²) in [6, 6.07) is 0. The molecule has 0 bridgehead atoms. The van der Waals surface area contributed by atoms with Crippen molar-refractivity contribution in [1.82, 2.24) is 5.32 Å². The Hall–Kier alpha value is -1.13. The van der Waals surface area contributed by atoms with Gasteiger partial charge in [0.1, 0.15) is 6.10 Å². The van der Waals surface area contributed by atoms with Crippen molar-refractivity contribution in [2.24, 2.45) is 0 Å². The lowest BCUT2D eigenvalue weighted by atomic mass is 10.2. The van der Waals surface area contributed by atoms with Gasteiger partial charge in [-0.1, -0.05) is 38.0 Å². The standard InChI is InChI=1S/C16H27NO3/c1-4-5-6-7-8-9-10-11-15(18)17-12-14-13-19-16(2,3)20-14/h8-11,14H,4-7,12-13H2,1-3H3,(H,17,18)/b9-8+,11-10+. The van der Waals surface area contributed by atoms with Crippen LogP contribution < -0.4 is 5.32 Å². The summed E-state index contributed by atoms with van der Waals surface area (Å²) in [5.74, 6) is -0.636. The first-order valence-electron chi connectivity index (χ1n) is 7.46. The molecule has 114 valence electrons. The molecule has 1 unspecified atom stereocenters. The molecule has 1 saturated heterocycles. The maximum Gasteiger partial charge on any atom is 0.244 e. The molecule has 4 heteroatoms. The Morgan fingerprint density at radius 2 is 2.15 bits per heavy atom. The highest BCUT2D eigenvalue weighted by atomic mass is 16.7. The van der Waals surface area contributed by atoms with Crippen LogP contribution in [0.4, 0.5) is 0 Å². The van der Waals surface area contributed by atoms with Crippen LogP contribution in [0.2, 0.25) is 0 Å². The van der Waals surface area contributed by atoms with Gasteiger partial charge in [0.25, 0.3) is 0 Å². The molecular formula is C16H27NO3. The number of unbranched alkanes of at least 4 members (excludes halogenated alkanes) is 3. The van der Waals surface area contributed by atoms with E-state index in [0.717, 1.165) is 6.42 Å². The quantitative estimate of drug-likeness (QED) is 0.423. The molecule has 1 rings (SSSR count). The maximum atomic E-state index is 11.6. The number of hydrogen-bond donors (Lipinski definition) is 1. The van der Waals surface area contributed by atoms with E-state index in [4.69, 9.17) is 9.47 Å². The second-order valence-electron chi connectivity index (χ2n) is 5.48. The molecule has 4 nitrogen and oxygen atoms in total. The third-order valence-corrected chi connectivity index (χ3v) is 3.04. The molecule has 0 saturated carbocycles. The zero-order valence-electron chi connectivity index (χ0n) is 12.9. The lowest BCUT2D eigenvalue weighted by Crippen LogP contribution is -2.33. The molecule has 20 heavy (non-hydrogen) atoms. The molecular weight excluding hydrogens is 254 g/mol. The number of hydrogen-bond acceptors (Lipinski definition) is 3. The smallest absolute Gasteiger partial charge is 0.244 e. The fraction of sp³-hybridized carbons (Fsp3) is 0.688. The zero-order valence-corrected chi connectivity index (χ0v) is 12.9. The SMILES string of the molecule is CCCCC/C=C/C=C/C(=O)NCC1COC(C)(C)O1. The van der Waals surface area contributed by atoms with E-state index in [0.29, 0.717) is 13.2 Å². The second-order valence-corrected chi connectivity index (χ2v) is 5.48. The topological polar surface area (TPSA) is 47.6 Å². The van der Waals surface area contributed by atoms with Crippen LogP contribution in [0.25, 0.3) is 0 Å². The predicted octanol–water partition coefficient (Wildman–Crippen LogP) is 2.95. The first-order valence-corrected chi connectivity index (χ1v) is 7.46. The van der Waals surface area contributed by atoms with Gasteiger partial charge in [-0.25, -0.2) is 0 Å². The highest BCUT2D eigenvalue weighted by Gasteiger charge is 2.32. The fourth-order valence-electron chi connectivity index (χ4n) is 1.97. The highest BCUT2D eigenvalue weighted by Crippen LogP contribution is 2.21. The number of carbonyl (C=O) groups excluding carboxylic acids is 1. The van der Waals surface area contributed by atoms with Crippen molar-refractivity contribution < 1.29 is 14.3 Å². The minimum atomic E-state index is -0.535. The number of rotatable bonds is 8. The third kappa shape index (κ3) is 7.46. The Bertz CT molecular complexity index is 348. The van der Waals surface area contributed by atoms with E-state index in [1.165, 1.54) is 25.3 Å². The Kier molecular flexibility index (Phi) is 7.55. The van der Waals surface area contributed by atoms with Crippen LogP contribution in [0.15, 0.2) is 24.3 Å². The van der Waals surface area contributed by atoms with Gasteiger partial charge in [-0.3, -0.25) is 4.79 Å². The molecule has 1 amide bonds. The summed E-state index contributed by atoms with van der Waals surface area (Å²) in [4.78, 5) is 11.6. The first-order chi connectivity index (χ1) is 9.53. The number of amides is 1. The number of carbonyl (C=O) groups is 1. The lowest BCUT2D eigenvalue weighted by Gasteiger charge is -2.17. The zero-order chi connectivity index (χ0) is 14.8. The summed E-state index contributed by atoms with van der Waals surface area (Å²) in [6.45, 7) is 6.94. The Labute approximate surface area is 122 Å². The molecule has 0 radical (unpaired) electrons. The summed E-state index contributed by atoms with van der Waals surface area (Å²) in [5, 5.41) is 2.81. The van der Waals surface area contributed by atoms with Crippen molar-refractivity contribution in [1.29, 1.82) is 0 Å². The van der Waals surface area contributed by atoms with Gasteiger partial charge in [-0.2, -0.15) is 0 Å². The number of allylic oxidation sites excluding steroid dienone is 3. The van der Waals surface area contributed by atoms with Gasteiger partial charge in [0.05, 0.1) is 6.61 Å². The average Bonchev–Trinajstić information content (AvgIpc) is 2.75. The van der Waals surface area contributed by atoms with E-state index in [9.17, 15) is 4.79 Å². The van der Waals surface area contributed by atoms with Crippen molar-refractivity contribution >= 4 is 5.91 Å². The summed E-state index contributed by atoms with van der Waals surface area (Å²) < 4.78 is 11.0. The van der Waals surface area contributed by atoms with E-state index in [-0.39, 0.29) is 12.0 Å². The molecule has 0 spiro atoms. The predicted molar refractivity (Wildman–Crippen MR) is 80.3 cm³/mol. The van der Waals surface area contributed by atoms with Gasteiger partial charge in [-0.15, -0.1) is 0 Å². The van der Waals surface area contributed by atoms with Gasteiger partial charge in [-0.05, 0) is 26.7 Å². The minimum Gasteiger partial charge on any atom is -0.350 e. The van der Waals surface area contributed by atoms with Crippen LogP contribution in [0, 0.1) is 0 Å². The van der Waals surface area contributed by atoms with E-state index in [2.05, 4.69) is 18.3 Å². The largest absolute Gasteiger partial charge is 0.350 e. The Morgan fingerprint density at radius 3 is 2.80 bits per heavy atom. The second kappa shape index (κ2) is 8.93. The first kappa shape index (κ1) is 16.9. The number of ether oxygens (including phenoxy) is 2. The monoisotopic (exact) mass is 281 g/mol. The minimum absolute atomic E-state index is 0.0630. The summed E-state index contributed by atoms with van der Waals surface area (Å²) >= 11 is 0. The molecule has 1 aliphatic heterocycles.